The van der Waals surface area contributed by atoms with Crippen LogP contribution in [0.2, 0.25) is 0 Å². The maximum atomic E-state index is 11.1. The Bertz CT molecular complexity index is 654. The molecule has 1 aromatic heterocycles. The van der Waals surface area contributed by atoms with Crippen LogP contribution in [0.5, 0.6) is 5.75 Å². The monoisotopic (exact) mass is 319 g/mol. The van der Waals surface area contributed by atoms with Crippen molar-refractivity contribution in [2.45, 2.75) is 6.04 Å². The van der Waals surface area contributed by atoms with Crippen molar-refractivity contribution in [1.29, 1.82) is 0 Å². The second-order valence-corrected chi connectivity index (χ2v) is 6.18. The van der Waals surface area contributed by atoms with Crippen molar-refractivity contribution in [2.24, 2.45) is 0 Å². The minimum Gasteiger partial charge on any atom is -0.508 e. The number of phenols is 1. The van der Waals surface area contributed by atoms with E-state index in [0.29, 0.717) is 5.56 Å². The maximum Gasteiger partial charge on any atom is 0.270 e. The first-order valence-electron chi connectivity index (χ1n) is 7.12. The van der Waals surface area contributed by atoms with Crippen molar-refractivity contribution in [2.75, 3.05) is 26.2 Å². The van der Waals surface area contributed by atoms with E-state index in [9.17, 15) is 15.2 Å². The lowest BCUT2D eigenvalue weighted by Crippen LogP contribution is -2.45. The van der Waals surface area contributed by atoms with E-state index in [4.69, 9.17) is 0 Å². The number of nitro benzene ring substituents is 1. The van der Waals surface area contributed by atoms with Crippen LogP contribution in [0.25, 0.3) is 0 Å². The van der Waals surface area contributed by atoms with Gasteiger partial charge in [-0.05, 0) is 17.5 Å². The molecule has 0 bridgehead atoms. The van der Waals surface area contributed by atoms with Crippen LogP contribution < -0.4 is 5.32 Å². The van der Waals surface area contributed by atoms with Crippen molar-refractivity contribution in [3.63, 3.8) is 0 Å². The summed E-state index contributed by atoms with van der Waals surface area (Å²) in [6, 6.07) is 8.06. The Morgan fingerprint density at radius 3 is 2.73 bits per heavy atom. The van der Waals surface area contributed by atoms with E-state index in [1.54, 1.807) is 11.3 Å². The molecule has 1 aromatic carbocycles. The summed E-state index contributed by atoms with van der Waals surface area (Å²) in [6.07, 6.45) is 0. The molecule has 22 heavy (non-hydrogen) atoms. The van der Waals surface area contributed by atoms with E-state index in [-0.39, 0.29) is 17.5 Å². The molecule has 6 nitrogen and oxygen atoms in total. The number of hydrogen-bond acceptors (Lipinski definition) is 6. The number of phenolic OH excluding ortho intramolecular Hbond substituents is 1. The molecule has 0 radical (unpaired) electrons. The third kappa shape index (κ3) is 2.96. The first kappa shape index (κ1) is 15.0. The first-order chi connectivity index (χ1) is 10.7. The summed E-state index contributed by atoms with van der Waals surface area (Å²) in [4.78, 5) is 14.0. The number of nitro groups is 1. The quantitative estimate of drug-likeness (QED) is 0.668. The zero-order valence-electron chi connectivity index (χ0n) is 11.9. The van der Waals surface area contributed by atoms with Gasteiger partial charge in [0.05, 0.1) is 11.0 Å². The minimum atomic E-state index is -0.424. The number of nitrogens with one attached hydrogen (secondary N) is 1. The number of nitrogens with zero attached hydrogens (tertiary/aromatic N) is 2. The first-order valence-corrected chi connectivity index (χ1v) is 8.00. The zero-order valence-corrected chi connectivity index (χ0v) is 12.8. The highest BCUT2D eigenvalue weighted by molar-refractivity contribution is 7.10. The number of rotatable bonds is 4. The molecular formula is C15H17N3O3S. The van der Waals surface area contributed by atoms with Crippen molar-refractivity contribution in [1.82, 2.24) is 10.2 Å². The molecule has 116 valence electrons. The van der Waals surface area contributed by atoms with Crippen LogP contribution in [0.15, 0.2) is 35.7 Å². The average molecular weight is 319 g/mol. The molecule has 1 aliphatic rings. The maximum absolute atomic E-state index is 11.1. The summed E-state index contributed by atoms with van der Waals surface area (Å²) in [7, 11) is 0. The Labute approximate surface area is 132 Å². The van der Waals surface area contributed by atoms with Gasteiger partial charge >= 0.3 is 0 Å². The highest BCUT2D eigenvalue weighted by Crippen LogP contribution is 2.38. The van der Waals surface area contributed by atoms with Gasteiger partial charge in [-0.2, -0.15) is 0 Å². The third-order valence-corrected chi connectivity index (χ3v) is 4.77. The highest BCUT2D eigenvalue weighted by Gasteiger charge is 2.28. The topological polar surface area (TPSA) is 78.6 Å². The van der Waals surface area contributed by atoms with Gasteiger partial charge in [-0.25, -0.2) is 0 Å². The number of thiophene rings is 1. The molecule has 0 amide bonds. The Hall–Kier alpha value is -1.96. The molecule has 1 atom stereocenters. The van der Waals surface area contributed by atoms with Gasteiger partial charge in [0.1, 0.15) is 5.75 Å². The summed E-state index contributed by atoms with van der Waals surface area (Å²) in [5, 5.41) is 26.6. The van der Waals surface area contributed by atoms with Crippen LogP contribution in [0, 0.1) is 10.1 Å². The number of piperazine rings is 1. The summed E-state index contributed by atoms with van der Waals surface area (Å²) < 4.78 is 0. The predicted molar refractivity (Wildman–Crippen MR) is 85.4 cm³/mol. The van der Waals surface area contributed by atoms with Gasteiger partial charge in [0.15, 0.2) is 0 Å². The van der Waals surface area contributed by atoms with E-state index in [0.717, 1.165) is 31.1 Å². The Balaban J connectivity index is 2.05. The number of non-ortho nitro benzene ring substituents is 1. The van der Waals surface area contributed by atoms with Crippen molar-refractivity contribution < 1.29 is 10.0 Å². The largest absolute Gasteiger partial charge is 0.508 e. The van der Waals surface area contributed by atoms with Crippen LogP contribution in [0.4, 0.5) is 5.69 Å². The highest BCUT2D eigenvalue weighted by atomic mass is 32.1. The number of hydrogen-bond donors (Lipinski definition) is 2. The van der Waals surface area contributed by atoms with Crippen LogP contribution in [-0.4, -0.2) is 41.1 Å². The molecule has 3 rings (SSSR count). The third-order valence-electron chi connectivity index (χ3n) is 3.85. The van der Waals surface area contributed by atoms with E-state index < -0.39 is 4.92 Å². The lowest BCUT2D eigenvalue weighted by molar-refractivity contribution is -0.385. The van der Waals surface area contributed by atoms with Crippen molar-refractivity contribution in [3.05, 3.63) is 56.3 Å². The van der Waals surface area contributed by atoms with Gasteiger partial charge < -0.3 is 10.4 Å². The Morgan fingerprint density at radius 1 is 1.32 bits per heavy atom. The SMILES string of the molecule is O=[N+]([O-])c1ccc(O)c([C@H](c2cccs2)N2CCNCC2)c1. The molecule has 2 aromatic rings. The van der Waals surface area contributed by atoms with Gasteiger partial charge in [-0.1, -0.05) is 6.07 Å². The number of aromatic hydroxyl groups is 1. The van der Waals surface area contributed by atoms with Crippen LogP contribution in [0.3, 0.4) is 0 Å². The molecule has 2 N–H and O–H groups in total. The Kier molecular flexibility index (Phi) is 4.37. The van der Waals surface area contributed by atoms with E-state index >= 15 is 0 Å². The fraction of sp³-hybridized carbons (Fsp3) is 0.333. The van der Waals surface area contributed by atoms with E-state index in [1.165, 1.54) is 18.2 Å². The molecule has 0 spiro atoms. The molecule has 1 saturated heterocycles. The normalized spacial score (nSPS) is 17.3. The molecule has 7 heteroatoms. The minimum absolute atomic E-state index is 0.00416. The van der Waals surface area contributed by atoms with Gasteiger partial charge in [0.2, 0.25) is 0 Å². The molecule has 0 aliphatic carbocycles. The van der Waals surface area contributed by atoms with Gasteiger partial charge in [-0.3, -0.25) is 15.0 Å². The van der Waals surface area contributed by atoms with E-state index in [1.807, 2.05) is 17.5 Å². The van der Waals surface area contributed by atoms with E-state index in [2.05, 4.69) is 10.2 Å². The summed E-state index contributed by atoms with van der Waals surface area (Å²) >= 11 is 1.60. The number of benzene rings is 1. The average Bonchev–Trinajstić information content (AvgIpc) is 3.04. The van der Waals surface area contributed by atoms with Crippen LogP contribution in [0.1, 0.15) is 16.5 Å². The van der Waals surface area contributed by atoms with Crippen molar-refractivity contribution in [3.8, 4) is 5.75 Å². The van der Waals surface area contributed by atoms with Crippen LogP contribution in [-0.2, 0) is 0 Å². The van der Waals surface area contributed by atoms with Gasteiger partial charge in [0.25, 0.3) is 5.69 Å². The summed E-state index contributed by atoms with van der Waals surface area (Å²) in [5.41, 5.74) is 0.600. The fourth-order valence-corrected chi connectivity index (χ4v) is 3.67. The molecule has 1 fully saturated rings. The van der Waals surface area contributed by atoms with Gasteiger partial charge in [-0.15, -0.1) is 11.3 Å². The summed E-state index contributed by atoms with van der Waals surface area (Å²) in [6.45, 7) is 3.42. The standard InChI is InChI=1S/C15H17N3O3S/c19-13-4-3-11(18(20)21)10-12(13)15(14-2-1-9-22-14)17-7-5-16-6-8-17/h1-4,9-10,15-16,19H,5-8H2/t15-/m1/s1. The fourth-order valence-electron chi connectivity index (χ4n) is 2.79. The second kappa shape index (κ2) is 6.43. The molecule has 0 saturated carbocycles. The van der Waals surface area contributed by atoms with Gasteiger partial charge in [0, 0.05) is 48.8 Å². The Morgan fingerprint density at radius 2 is 2.09 bits per heavy atom. The predicted octanol–water partition coefficient (Wildman–Crippen LogP) is 2.36. The molecule has 1 aliphatic heterocycles. The molecule has 0 unspecified atom stereocenters. The second-order valence-electron chi connectivity index (χ2n) is 5.20. The lowest BCUT2D eigenvalue weighted by atomic mass is 10.0. The summed E-state index contributed by atoms with van der Waals surface area (Å²) in [5.74, 6) is 0.0996. The smallest absolute Gasteiger partial charge is 0.270 e. The molecular weight excluding hydrogens is 302 g/mol. The van der Waals surface area contributed by atoms with Crippen molar-refractivity contribution >= 4 is 17.0 Å². The van der Waals surface area contributed by atoms with Crippen LogP contribution >= 0.6 is 11.3 Å². The molecule has 2 heterocycles. The lowest BCUT2D eigenvalue weighted by Gasteiger charge is -2.34. The zero-order chi connectivity index (χ0) is 15.5.